The van der Waals surface area contributed by atoms with Crippen LogP contribution in [0.4, 0.5) is 20.4 Å². The van der Waals surface area contributed by atoms with Crippen LogP contribution in [0.2, 0.25) is 0 Å². The third-order valence-corrected chi connectivity index (χ3v) is 9.05. The first-order valence-electron chi connectivity index (χ1n) is 12.7. The Morgan fingerprint density at radius 3 is 2.33 bits per heavy atom. The van der Waals surface area contributed by atoms with Gasteiger partial charge in [-0.3, -0.25) is 0 Å². The van der Waals surface area contributed by atoms with Gasteiger partial charge < -0.3 is 11.1 Å². The molecule has 3 aromatic carbocycles. The third kappa shape index (κ3) is 5.98. The summed E-state index contributed by atoms with van der Waals surface area (Å²) < 4.78 is 55.3. The number of nitrogens with two attached hydrogens (primary N) is 1. The molecule has 1 atom stereocenters. The van der Waals surface area contributed by atoms with Crippen LogP contribution in [0.25, 0.3) is 11.3 Å². The number of hydrogen-bond acceptors (Lipinski definition) is 6. The van der Waals surface area contributed by atoms with Gasteiger partial charge >= 0.3 is 0 Å². The van der Waals surface area contributed by atoms with Crippen molar-refractivity contribution in [3.05, 3.63) is 102 Å². The minimum absolute atomic E-state index is 0.112. The van der Waals surface area contributed by atoms with Gasteiger partial charge in [0.2, 0.25) is 16.0 Å². The predicted molar refractivity (Wildman–Crippen MR) is 147 cm³/mol. The van der Waals surface area contributed by atoms with Crippen LogP contribution in [0.1, 0.15) is 30.0 Å². The summed E-state index contributed by atoms with van der Waals surface area (Å²) in [6.45, 7) is 2.42. The molecule has 7 nitrogen and oxygen atoms in total. The molecule has 0 unspecified atom stereocenters. The number of benzene rings is 3. The molecule has 1 aliphatic rings. The van der Waals surface area contributed by atoms with E-state index in [9.17, 15) is 17.2 Å². The number of hydrogen-bond donors (Lipinski definition) is 2. The van der Waals surface area contributed by atoms with Crippen LogP contribution in [0, 0.1) is 24.5 Å². The van der Waals surface area contributed by atoms with Gasteiger partial charge in [-0.1, -0.05) is 24.3 Å². The molecule has 0 amide bonds. The summed E-state index contributed by atoms with van der Waals surface area (Å²) in [5, 5.41) is 3.07. The fourth-order valence-corrected chi connectivity index (χ4v) is 6.22. The zero-order valence-electron chi connectivity index (χ0n) is 21.4. The SMILES string of the molecule is Cc1ccc(-c2ccnc(Nc3ccc(S(=O)(=O)N4CCC([C@H](N)c5ccc(F)cc5)CC4)cc3)n2)cc1F. The van der Waals surface area contributed by atoms with Crippen LogP contribution in [0.5, 0.6) is 0 Å². The van der Waals surface area contributed by atoms with Crippen molar-refractivity contribution in [2.45, 2.75) is 30.7 Å². The number of nitrogens with zero attached hydrogens (tertiary/aromatic N) is 3. The van der Waals surface area contributed by atoms with Crippen molar-refractivity contribution in [2.75, 3.05) is 18.4 Å². The topological polar surface area (TPSA) is 101 Å². The number of aryl methyl sites for hydroxylation is 1. The van der Waals surface area contributed by atoms with Gasteiger partial charge in [-0.05, 0) is 85.3 Å². The first-order chi connectivity index (χ1) is 18.7. The summed E-state index contributed by atoms with van der Waals surface area (Å²) in [7, 11) is -3.67. The Balaban J connectivity index is 1.23. The van der Waals surface area contributed by atoms with Gasteiger partial charge in [0.05, 0.1) is 10.6 Å². The molecule has 39 heavy (non-hydrogen) atoms. The molecule has 10 heteroatoms. The largest absolute Gasteiger partial charge is 0.324 e. The Hall–Kier alpha value is -3.73. The summed E-state index contributed by atoms with van der Waals surface area (Å²) in [5.74, 6) is -0.199. The van der Waals surface area contributed by atoms with Crippen LogP contribution in [-0.4, -0.2) is 35.8 Å². The summed E-state index contributed by atoms with van der Waals surface area (Å²) in [5.41, 5.74) is 9.61. The lowest BCUT2D eigenvalue weighted by Gasteiger charge is -2.34. The summed E-state index contributed by atoms with van der Waals surface area (Å²) >= 11 is 0. The van der Waals surface area contributed by atoms with Crippen LogP contribution in [0.3, 0.4) is 0 Å². The molecule has 0 radical (unpaired) electrons. The molecular formula is C29H29F2N5O2S. The number of nitrogens with one attached hydrogen (secondary N) is 1. The van der Waals surface area contributed by atoms with Crippen molar-refractivity contribution in [1.29, 1.82) is 0 Å². The molecule has 2 heterocycles. The van der Waals surface area contributed by atoms with Gasteiger partial charge in [-0.25, -0.2) is 27.2 Å². The highest BCUT2D eigenvalue weighted by Crippen LogP contribution is 2.32. The molecule has 0 saturated carbocycles. The van der Waals surface area contributed by atoms with E-state index in [4.69, 9.17) is 5.73 Å². The van der Waals surface area contributed by atoms with Gasteiger partial charge in [0.25, 0.3) is 0 Å². The van der Waals surface area contributed by atoms with Crippen molar-refractivity contribution >= 4 is 21.7 Å². The molecule has 3 N–H and O–H groups in total. The molecule has 202 valence electrons. The van der Waals surface area contributed by atoms with Crippen molar-refractivity contribution in [3.8, 4) is 11.3 Å². The average molecular weight is 550 g/mol. The lowest BCUT2D eigenvalue weighted by molar-refractivity contribution is 0.245. The molecule has 0 aliphatic carbocycles. The van der Waals surface area contributed by atoms with E-state index in [2.05, 4.69) is 15.3 Å². The second-order valence-corrected chi connectivity index (χ2v) is 11.6. The van der Waals surface area contributed by atoms with Crippen LogP contribution in [0.15, 0.2) is 83.9 Å². The Kier molecular flexibility index (Phi) is 7.69. The van der Waals surface area contributed by atoms with E-state index in [1.165, 1.54) is 22.5 Å². The molecule has 1 aliphatic heterocycles. The maximum absolute atomic E-state index is 14.0. The first-order valence-corrected chi connectivity index (χ1v) is 14.1. The number of anilines is 2. The van der Waals surface area contributed by atoms with E-state index in [1.54, 1.807) is 67.7 Å². The highest BCUT2D eigenvalue weighted by atomic mass is 32.2. The number of sulfonamides is 1. The quantitative estimate of drug-likeness (QED) is 0.312. The van der Waals surface area contributed by atoms with E-state index in [1.807, 2.05) is 0 Å². The number of piperidine rings is 1. The minimum atomic E-state index is -3.67. The Morgan fingerprint density at radius 1 is 0.974 bits per heavy atom. The van der Waals surface area contributed by atoms with Crippen molar-refractivity contribution in [3.63, 3.8) is 0 Å². The van der Waals surface area contributed by atoms with Crippen molar-refractivity contribution < 1.29 is 17.2 Å². The molecule has 0 bridgehead atoms. The maximum Gasteiger partial charge on any atom is 0.243 e. The molecule has 1 saturated heterocycles. The zero-order valence-corrected chi connectivity index (χ0v) is 22.2. The van der Waals surface area contributed by atoms with Crippen molar-refractivity contribution in [1.82, 2.24) is 14.3 Å². The van der Waals surface area contributed by atoms with E-state index in [0.29, 0.717) is 54.4 Å². The molecule has 4 aromatic rings. The monoisotopic (exact) mass is 549 g/mol. The number of rotatable bonds is 7. The highest BCUT2D eigenvalue weighted by molar-refractivity contribution is 7.89. The number of aromatic nitrogens is 2. The van der Waals surface area contributed by atoms with E-state index < -0.39 is 10.0 Å². The van der Waals surface area contributed by atoms with Gasteiger partial charge in [0, 0.05) is 36.6 Å². The van der Waals surface area contributed by atoms with Crippen molar-refractivity contribution in [2.24, 2.45) is 11.7 Å². The molecule has 1 fully saturated rings. The van der Waals surface area contributed by atoms with E-state index in [-0.39, 0.29) is 28.5 Å². The fourth-order valence-electron chi connectivity index (χ4n) is 4.75. The second-order valence-electron chi connectivity index (χ2n) is 9.70. The molecule has 0 spiro atoms. The second kappa shape index (κ2) is 11.2. The summed E-state index contributed by atoms with van der Waals surface area (Å²) in [6.07, 6.45) is 2.82. The van der Waals surface area contributed by atoms with E-state index >= 15 is 0 Å². The minimum Gasteiger partial charge on any atom is -0.324 e. The Morgan fingerprint density at radius 2 is 1.67 bits per heavy atom. The lowest BCUT2D eigenvalue weighted by atomic mass is 9.86. The van der Waals surface area contributed by atoms with Crippen LogP contribution < -0.4 is 11.1 Å². The normalized spacial score (nSPS) is 15.7. The predicted octanol–water partition coefficient (Wildman–Crippen LogP) is 5.57. The van der Waals surface area contributed by atoms with Gasteiger partial charge in [0.1, 0.15) is 11.6 Å². The third-order valence-electron chi connectivity index (χ3n) is 7.13. The number of halogens is 2. The maximum atomic E-state index is 14.0. The van der Waals surface area contributed by atoms with Gasteiger partial charge in [0.15, 0.2) is 0 Å². The highest BCUT2D eigenvalue weighted by Gasteiger charge is 2.32. The molecular weight excluding hydrogens is 520 g/mol. The zero-order chi connectivity index (χ0) is 27.6. The first kappa shape index (κ1) is 26.9. The molecule has 1 aromatic heterocycles. The standard InChI is InChI=1S/C29H29F2N5O2S/c1-19-2-3-22(18-26(19)31)27-12-15-33-29(35-27)34-24-8-10-25(11-9-24)39(37,38)36-16-13-21(14-17-36)28(32)20-4-6-23(30)7-5-20/h2-12,15,18,21,28H,13-14,16-17,32H2,1H3,(H,33,34,35)/t28-/m1/s1. The Bertz CT molecular complexity index is 1560. The van der Waals surface area contributed by atoms with Gasteiger partial charge in [-0.15, -0.1) is 0 Å². The lowest BCUT2D eigenvalue weighted by Crippen LogP contribution is -2.40. The fraction of sp³-hybridized carbons (Fsp3) is 0.241. The van der Waals surface area contributed by atoms with Crippen LogP contribution >= 0.6 is 0 Å². The van der Waals surface area contributed by atoms with E-state index in [0.717, 1.165) is 5.56 Å². The summed E-state index contributed by atoms with van der Waals surface area (Å²) in [6, 6.07) is 18.9. The Labute approximate surface area is 226 Å². The summed E-state index contributed by atoms with van der Waals surface area (Å²) in [4.78, 5) is 8.87. The van der Waals surface area contributed by atoms with Crippen LogP contribution in [-0.2, 0) is 10.0 Å². The average Bonchev–Trinajstić information content (AvgIpc) is 2.95. The molecule has 5 rings (SSSR count). The van der Waals surface area contributed by atoms with Gasteiger partial charge in [-0.2, -0.15) is 4.31 Å². The smallest absolute Gasteiger partial charge is 0.243 e.